The summed E-state index contributed by atoms with van der Waals surface area (Å²) in [6, 6.07) is 13.8. The Morgan fingerprint density at radius 1 is 1.19 bits per heavy atom. The molecule has 2 heterocycles. The molecule has 1 aliphatic rings. The number of nitrogens with zero attached hydrogens (tertiary/aromatic N) is 3. The summed E-state index contributed by atoms with van der Waals surface area (Å²) < 4.78 is 3.17. The minimum Gasteiger partial charge on any atom is -0.326 e. The number of amides is 1. The van der Waals surface area contributed by atoms with Gasteiger partial charge in [0.15, 0.2) is 0 Å². The Balaban J connectivity index is 1.59. The quantitative estimate of drug-likeness (QED) is 0.698. The molecule has 0 saturated heterocycles. The number of rotatable bonds is 3. The van der Waals surface area contributed by atoms with Crippen molar-refractivity contribution in [3.8, 4) is 0 Å². The van der Waals surface area contributed by atoms with Crippen LogP contribution >= 0.6 is 15.9 Å². The molecule has 0 unspecified atom stereocenters. The van der Waals surface area contributed by atoms with Gasteiger partial charge in [0, 0.05) is 34.9 Å². The maximum Gasteiger partial charge on any atom is 0.255 e. The van der Waals surface area contributed by atoms with Crippen LogP contribution in [0.1, 0.15) is 30.0 Å². The predicted octanol–water partition coefficient (Wildman–Crippen LogP) is 4.28. The molecule has 5 nitrogen and oxygen atoms in total. The van der Waals surface area contributed by atoms with Gasteiger partial charge in [0.25, 0.3) is 5.91 Å². The van der Waals surface area contributed by atoms with Crippen LogP contribution in [0.5, 0.6) is 0 Å². The van der Waals surface area contributed by atoms with E-state index in [2.05, 4.69) is 44.6 Å². The minimum absolute atomic E-state index is 0.124. The summed E-state index contributed by atoms with van der Waals surface area (Å²) in [5.74, 6) is 0.969. The number of hydrogen-bond acceptors (Lipinski definition) is 3. The van der Waals surface area contributed by atoms with Crippen molar-refractivity contribution in [3.05, 3.63) is 58.3 Å². The topological polar surface area (TPSA) is 50.2 Å². The minimum atomic E-state index is -0.124. The molecule has 4 rings (SSSR count). The summed E-state index contributed by atoms with van der Waals surface area (Å²) in [6.45, 7) is 7.29. The van der Waals surface area contributed by atoms with Crippen molar-refractivity contribution in [2.75, 3.05) is 11.9 Å². The van der Waals surface area contributed by atoms with Crippen LogP contribution in [0.2, 0.25) is 0 Å². The van der Waals surface area contributed by atoms with Gasteiger partial charge in [-0.2, -0.15) is 0 Å². The smallest absolute Gasteiger partial charge is 0.255 e. The summed E-state index contributed by atoms with van der Waals surface area (Å²) in [4.78, 5) is 19.7. The molecular weight excluding hydrogens is 392 g/mol. The number of halogens is 1. The lowest BCUT2D eigenvalue weighted by molar-refractivity contribution is 0.102. The third-order valence-electron chi connectivity index (χ3n) is 4.86. The Kier molecular flexibility index (Phi) is 4.54. The number of aromatic nitrogens is 2. The van der Waals surface area contributed by atoms with Crippen molar-refractivity contribution in [1.29, 1.82) is 0 Å². The molecule has 0 saturated carbocycles. The first-order chi connectivity index (χ1) is 12.5. The van der Waals surface area contributed by atoms with Gasteiger partial charge < -0.3 is 9.88 Å². The van der Waals surface area contributed by atoms with Crippen molar-refractivity contribution in [2.24, 2.45) is 0 Å². The zero-order chi connectivity index (χ0) is 18.3. The highest BCUT2D eigenvalue weighted by Gasteiger charge is 2.21. The summed E-state index contributed by atoms with van der Waals surface area (Å²) in [5, 5.41) is 2.97. The summed E-state index contributed by atoms with van der Waals surface area (Å²) in [5.41, 5.74) is 3.44. The largest absolute Gasteiger partial charge is 0.326 e. The van der Waals surface area contributed by atoms with E-state index >= 15 is 0 Å². The van der Waals surface area contributed by atoms with Gasteiger partial charge in [-0.25, -0.2) is 4.98 Å². The number of anilines is 1. The van der Waals surface area contributed by atoms with Crippen LogP contribution in [-0.2, 0) is 13.1 Å². The van der Waals surface area contributed by atoms with Crippen molar-refractivity contribution >= 4 is 38.6 Å². The van der Waals surface area contributed by atoms with Gasteiger partial charge in [-0.05, 0) is 50.2 Å². The zero-order valence-electron chi connectivity index (χ0n) is 14.9. The lowest BCUT2D eigenvalue weighted by Crippen LogP contribution is -2.38. The molecule has 0 bridgehead atoms. The van der Waals surface area contributed by atoms with E-state index in [4.69, 9.17) is 4.98 Å². The fraction of sp³-hybridized carbons (Fsp3) is 0.300. The third-order valence-corrected chi connectivity index (χ3v) is 5.35. The zero-order valence-corrected chi connectivity index (χ0v) is 16.5. The first-order valence-corrected chi connectivity index (χ1v) is 9.61. The number of imidazole rings is 1. The molecule has 0 radical (unpaired) electrons. The molecule has 134 valence electrons. The number of carbonyl (C=O) groups excluding carboxylic acids is 1. The Bertz CT molecular complexity index is 979. The maximum absolute atomic E-state index is 12.5. The highest BCUT2D eigenvalue weighted by atomic mass is 79.9. The van der Waals surface area contributed by atoms with E-state index in [1.54, 1.807) is 6.07 Å². The first kappa shape index (κ1) is 17.2. The molecule has 3 aromatic rings. The monoisotopic (exact) mass is 412 g/mol. The second-order valence-corrected chi connectivity index (χ2v) is 7.83. The van der Waals surface area contributed by atoms with Crippen LogP contribution in [0.15, 0.2) is 46.9 Å². The number of nitrogens with one attached hydrogen (secondary N) is 1. The van der Waals surface area contributed by atoms with E-state index in [9.17, 15) is 4.79 Å². The van der Waals surface area contributed by atoms with Gasteiger partial charge >= 0.3 is 0 Å². The SMILES string of the molecule is CC(C)N1CCn2c(nc3cc(NC(=O)c4cccc(Br)c4)ccc32)C1. The van der Waals surface area contributed by atoms with Crippen molar-refractivity contribution < 1.29 is 4.79 Å². The average Bonchev–Trinajstić information content (AvgIpc) is 2.98. The molecule has 1 amide bonds. The molecule has 0 fully saturated rings. The number of carbonyl (C=O) groups is 1. The van der Waals surface area contributed by atoms with E-state index in [0.29, 0.717) is 11.6 Å². The Hall–Kier alpha value is -2.18. The fourth-order valence-electron chi connectivity index (χ4n) is 3.39. The van der Waals surface area contributed by atoms with Crippen LogP contribution in [-0.4, -0.2) is 32.9 Å². The molecule has 0 aliphatic carbocycles. The number of hydrogen-bond donors (Lipinski definition) is 1. The van der Waals surface area contributed by atoms with Crippen LogP contribution in [0.4, 0.5) is 5.69 Å². The van der Waals surface area contributed by atoms with Crippen molar-refractivity contribution in [3.63, 3.8) is 0 Å². The average molecular weight is 413 g/mol. The Morgan fingerprint density at radius 2 is 2.04 bits per heavy atom. The van der Waals surface area contributed by atoms with E-state index in [0.717, 1.165) is 46.7 Å². The Morgan fingerprint density at radius 3 is 2.81 bits per heavy atom. The lowest BCUT2D eigenvalue weighted by atomic mass is 10.2. The predicted molar refractivity (Wildman–Crippen MR) is 107 cm³/mol. The van der Waals surface area contributed by atoms with Gasteiger partial charge in [0.1, 0.15) is 5.82 Å². The molecule has 0 atom stereocenters. The van der Waals surface area contributed by atoms with Gasteiger partial charge in [0.05, 0.1) is 17.6 Å². The molecule has 0 spiro atoms. The maximum atomic E-state index is 12.5. The van der Waals surface area contributed by atoms with E-state index in [-0.39, 0.29) is 5.91 Å². The molecule has 26 heavy (non-hydrogen) atoms. The first-order valence-electron chi connectivity index (χ1n) is 8.81. The van der Waals surface area contributed by atoms with Gasteiger partial charge in [0.2, 0.25) is 0 Å². The molecule has 1 N–H and O–H groups in total. The summed E-state index contributed by atoms with van der Waals surface area (Å²) >= 11 is 3.40. The van der Waals surface area contributed by atoms with Crippen LogP contribution in [0.25, 0.3) is 11.0 Å². The number of fused-ring (bicyclic) bond motifs is 3. The highest BCUT2D eigenvalue weighted by Crippen LogP contribution is 2.25. The van der Waals surface area contributed by atoms with Crippen molar-refractivity contribution in [1.82, 2.24) is 14.5 Å². The second-order valence-electron chi connectivity index (χ2n) is 6.91. The second kappa shape index (κ2) is 6.85. The Labute approximate surface area is 161 Å². The third kappa shape index (κ3) is 3.27. The molecule has 1 aliphatic heterocycles. The summed E-state index contributed by atoms with van der Waals surface area (Å²) in [6.07, 6.45) is 0. The van der Waals surface area contributed by atoms with E-state index < -0.39 is 0 Å². The van der Waals surface area contributed by atoms with Gasteiger partial charge in [-0.15, -0.1) is 0 Å². The van der Waals surface area contributed by atoms with E-state index in [1.807, 2.05) is 36.4 Å². The van der Waals surface area contributed by atoms with E-state index in [1.165, 1.54) is 0 Å². The van der Waals surface area contributed by atoms with Crippen LogP contribution < -0.4 is 5.32 Å². The molecule has 2 aromatic carbocycles. The lowest BCUT2D eigenvalue weighted by Gasteiger charge is -2.30. The molecular formula is C20H21BrN4O. The van der Waals surface area contributed by atoms with Gasteiger partial charge in [-0.1, -0.05) is 22.0 Å². The number of benzene rings is 2. The van der Waals surface area contributed by atoms with Crippen LogP contribution in [0, 0.1) is 0 Å². The van der Waals surface area contributed by atoms with Gasteiger partial charge in [-0.3, -0.25) is 9.69 Å². The van der Waals surface area contributed by atoms with Crippen molar-refractivity contribution in [2.45, 2.75) is 33.0 Å². The molecule has 6 heteroatoms. The highest BCUT2D eigenvalue weighted by molar-refractivity contribution is 9.10. The molecule has 1 aromatic heterocycles. The standard InChI is InChI=1S/C20H21BrN4O/c1-13(2)24-8-9-25-18-7-6-16(11-17(18)23-19(25)12-24)22-20(26)14-4-3-5-15(21)10-14/h3-7,10-11,13H,8-9,12H2,1-2H3,(H,22,26). The normalized spacial score (nSPS) is 14.6. The fourth-order valence-corrected chi connectivity index (χ4v) is 3.79. The summed E-state index contributed by atoms with van der Waals surface area (Å²) in [7, 11) is 0. The van der Waals surface area contributed by atoms with Crippen LogP contribution in [0.3, 0.4) is 0 Å².